The third-order valence-electron chi connectivity index (χ3n) is 4.81. The first-order valence-corrected chi connectivity index (χ1v) is 7.85. The number of para-hydroxylation sites is 1. The molecule has 0 radical (unpaired) electrons. The molecule has 0 amide bonds. The van der Waals surface area contributed by atoms with Gasteiger partial charge in [0.2, 0.25) is 0 Å². The number of hydrogen-bond acceptors (Lipinski definition) is 3. The van der Waals surface area contributed by atoms with E-state index in [1.165, 1.54) is 0 Å². The summed E-state index contributed by atoms with van der Waals surface area (Å²) in [5.41, 5.74) is 1.32. The molecule has 2 aliphatic heterocycles. The van der Waals surface area contributed by atoms with Gasteiger partial charge in [-0.2, -0.15) is 0 Å². The van der Waals surface area contributed by atoms with Crippen molar-refractivity contribution >= 4 is 23.9 Å². The van der Waals surface area contributed by atoms with Crippen LogP contribution in [0.5, 0.6) is 0 Å². The molecule has 0 aliphatic carbocycles. The van der Waals surface area contributed by atoms with Gasteiger partial charge in [0.1, 0.15) is 11.4 Å². The van der Waals surface area contributed by atoms with Crippen LogP contribution in [0.2, 0.25) is 0 Å². The van der Waals surface area contributed by atoms with Crippen molar-refractivity contribution in [3.63, 3.8) is 0 Å². The summed E-state index contributed by atoms with van der Waals surface area (Å²) in [6.45, 7) is 6.23. The van der Waals surface area contributed by atoms with Crippen molar-refractivity contribution in [2.45, 2.75) is 45.1 Å². The van der Waals surface area contributed by atoms with Crippen molar-refractivity contribution in [1.29, 1.82) is 0 Å². The minimum atomic E-state index is -0.881. The van der Waals surface area contributed by atoms with E-state index in [2.05, 4.69) is 35.9 Å². The summed E-state index contributed by atoms with van der Waals surface area (Å²) < 4.78 is 0. The van der Waals surface area contributed by atoms with Gasteiger partial charge in [0.05, 0.1) is 0 Å². The predicted molar refractivity (Wildman–Crippen MR) is 90.5 cm³/mol. The predicted octanol–water partition coefficient (Wildman–Crippen LogP) is 3.74. The van der Waals surface area contributed by atoms with Crippen molar-refractivity contribution in [3.05, 3.63) is 29.8 Å². The monoisotopic (exact) mass is 308 g/mol. The third-order valence-corrected chi connectivity index (χ3v) is 4.81. The summed E-state index contributed by atoms with van der Waals surface area (Å²) in [6, 6.07) is 8.25. The lowest BCUT2D eigenvalue weighted by Crippen LogP contribution is -2.44. The Morgan fingerprint density at radius 2 is 2.00 bits per heavy atom. The number of aliphatic imine (C=N–C) groups is 1. The number of halogens is 1. The Morgan fingerprint density at radius 3 is 2.71 bits per heavy atom. The molecule has 0 fully saturated rings. The maximum Gasteiger partial charge on any atom is 0.149 e. The van der Waals surface area contributed by atoms with Gasteiger partial charge in [0.15, 0.2) is 0 Å². The summed E-state index contributed by atoms with van der Waals surface area (Å²) >= 11 is 0. The highest BCUT2D eigenvalue weighted by atomic mass is 35.5. The highest BCUT2D eigenvalue weighted by Gasteiger charge is 2.48. The van der Waals surface area contributed by atoms with Crippen LogP contribution in [0.25, 0.3) is 0 Å². The lowest BCUT2D eigenvalue weighted by molar-refractivity contribution is 0.0815. The Labute approximate surface area is 133 Å². The topological polar surface area (TPSA) is 35.8 Å². The van der Waals surface area contributed by atoms with Crippen LogP contribution in [0.3, 0.4) is 0 Å². The van der Waals surface area contributed by atoms with Gasteiger partial charge < -0.3 is 10.0 Å². The lowest BCUT2D eigenvalue weighted by Gasteiger charge is -2.32. The van der Waals surface area contributed by atoms with Crippen molar-refractivity contribution < 1.29 is 5.11 Å². The van der Waals surface area contributed by atoms with Gasteiger partial charge in [0.25, 0.3) is 0 Å². The van der Waals surface area contributed by atoms with Gasteiger partial charge in [-0.1, -0.05) is 44.9 Å². The van der Waals surface area contributed by atoms with Crippen LogP contribution in [0, 0.1) is 5.92 Å². The van der Waals surface area contributed by atoms with E-state index in [0.717, 1.165) is 55.9 Å². The largest absolute Gasteiger partial charge is 0.377 e. The molecule has 1 atom stereocenters. The third kappa shape index (κ3) is 2.58. The van der Waals surface area contributed by atoms with E-state index in [-0.39, 0.29) is 12.4 Å². The number of anilines is 1. The first kappa shape index (κ1) is 16.3. The summed E-state index contributed by atoms with van der Waals surface area (Å²) in [4.78, 5) is 6.90. The molecular formula is C17H25ClN2O. The van der Waals surface area contributed by atoms with E-state index in [4.69, 9.17) is 0 Å². The molecule has 3 rings (SSSR count). The van der Waals surface area contributed by atoms with E-state index < -0.39 is 5.60 Å². The first-order chi connectivity index (χ1) is 9.70. The van der Waals surface area contributed by atoms with Gasteiger partial charge in [-0.15, -0.1) is 12.4 Å². The van der Waals surface area contributed by atoms with Crippen LogP contribution >= 0.6 is 12.4 Å². The van der Waals surface area contributed by atoms with E-state index in [1.807, 2.05) is 12.1 Å². The van der Waals surface area contributed by atoms with Crippen molar-refractivity contribution in [1.82, 2.24) is 0 Å². The number of aliphatic hydroxyl groups is 1. The molecule has 3 nitrogen and oxygen atoms in total. The second-order valence-corrected chi connectivity index (χ2v) is 5.97. The number of nitrogens with zero attached hydrogens (tertiary/aromatic N) is 2. The molecule has 4 heteroatoms. The number of fused-ring (bicyclic) bond motifs is 3. The van der Waals surface area contributed by atoms with E-state index >= 15 is 0 Å². The molecule has 2 heterocycles. The highest BCUT2D eigenvalue weighted by molar-refractivity contribution is 6.10. The Kier molecular flexibility index (Phi) is 4.95. The molecular weight excluding hydrogens is 284 g/mol. The smallest absolute Gasteiger partial charge is 0.149 e. The van der Waals surface area contributed by atoms with Gasteiger partial charge in [-0.3, -0.25) is 4.99 Å². The summed E-state index contributed by atoms with van der Waals surface area (Å²) in [7, 11) is 0. The number of hydrogen-bond donors (Lipinski definition) is 1. The molecule has 0 saturated carbocycles. The summed E-state index contributed by atoms with van der Waals surface area (Å²) in [6.07, 6.45) is 4.06. The zero-order chi connectivity index (χ0) is 14.2. The van der Waals surface area contributed by atoms with Crippen LogP contribution in [-0.4, -0.2) is 24.0 Å². The van der Waals surface area contributed by atoms with Crippen LogP contribution in [0.15, 0.2) is 29.3 Å². The van der Waals surface area contributed by atoms with E-state index in [9.17, 15) is 5.11 Å². The molecule has 1 aromatic carbocycles. The first-order valence-electron chi connectivity index (χ1n) is 7.85. The molecule has 0 saturated heterocycles. The summed E-state index contributed by atoms with van der Waals surface area (Å²) in [5.74, 6) is 1.43. The molecule has 21 heavy (non-hydrogen) atoms. The van der Waals surface area contributed by atoms with Crippen LogP contribution in [0.4, 0.5) is 5.69 Å². The quantitative estimate of drug-likeness (QED) is 0.919. The maximum atomic E-state index is 11.4. The van der Waals surface area contributed by atoms with Gasteiger partial charge in [-0.25, -0.2) is 0 Å². The molecule has 0 spiro atoms. The molecule has 2 aliphatic rings. The fraction of sp³-hybridized carbons (Fsp3) is 0.588. The highest BCUT2D eigenvalue weighted by Crippen LogP contribution is 2.46. The average molecular weight is 309 g/mol. The van der Waals surface area contributed by atoms with Crippen molar-refractivity contribution in [3.8, 4) is 0 Å². The fourth-order valence-electron chi connectivity index (χ4n) is 3.57. The maximum absolute atomic E-state index is 11.4. The lowest BCUT2D eigenvalue weighted by atomic mass is 9.83. The van der Waals surface area contributed by atoms with Crippen LogP contribution in [-0.2, 0) is 5.60 Å². The second-order valence-electron chi connectivity index (χ2n) is 5.97. The zero-order valence-electron chi connectivity index (χ0n) is 12.9. The van der Waals surface area contributed by atoms with Gasteiger partial charge >= 0.3 is 0 Å². The normalized spacial score (nSPS) is 23.4. The molecule has 1 aromatic rings. The Balaban J connectivity index is 0.00000161. The number of rotatable bonds is 4. The SMILES string of the molecule is CCC(CC)CC1(O)C2=NCCCN2c2ccccc21.Cl. The van der Waals surface area contributed by atoms with E-state index in [0.29, 0.717) is 5.92 Å². The van der Waals surface area contributed by atoms with E-state index in [1.54, 1.807) is 0 Å². The minimum Gasteiger partial charge on any atom is -0.377 e. The number of benzene rings is 1. The molecule has 116 valence electrons. The molecule has 0 bridgehead atoms. The summed E-state index contributed by atoms with van der Waals surface area (Å²) in [5, 5.41) is 11.4. The molecule has 1 unspecified atom stereocenters. The van der Waals surface area contributed by atoms with Gasteiger partial charge in [-0.05, 0) is 24.8 Å². The minimum absolute atomic E-state index is 0. The van der Waals surface area contributed by atoms with Crippen molar-refractivity contribution in [2.75, 3.05) is 18.0 Å². The Hall–Kier alpha value is -1.06. The Morgan fingerprint density at radius 1 is 1.29 bits per heavy atom. The molecule has 1 N–H and O–H groups in total. The Bertz CT molecular complexity index is 527. The molecule has 0 aromatic heterocycles. The second kappa shape index (κ2) is 6.37. The number of amidine groups is 1. The fourth-order valence-corrected chi connectivity index (χ4v) is 3.57. The van der Waals surface area contributed by atoms with Crippen LogP contribution < -0.4 is 4.90 Å². The van der Waals surface area contributed by atoms with Gasteiger partial charge in [0, 0.05) is 24.3 Å². The van der Waals surface area contributed by atoms with Crippen molar-refractivity contribution in [2.24, 2.45) is 10.9 Å². The average Bonchev–Trinajstić information content (AvgIpc) is 2.76. The van der Waals surface area contributed by atoms with Crippen LogP contribution in [0.1, 0.15) is 45.1 Å². The zero-order valence-corrected chi connectivity index (χ0v) is 13.7. The standard InChI is InChI=1S/C17H24N2O.ClH/c1-3-13(4-2)12-17(20)14-8-5-6-9-15(14)19-11-7-10-18-16(17)19;/h5-6,8-9,13,20H,3-4,7,10-12H2,1-2H3;1H.